The van der Waals surface area contributed by atoms with E-state index in [1.165, 1.54) is 4.90 Å². The van der Waals surface area contributed by atoms with Crippen LogP contribution in [0.3, 0.4) is 0 Å². The Kier molecular flexibility index (Phi) is 6.26. The molecule has 0 atom stereocenters. The van der Waals surface area contributed by atoms with Crippen LogP contribution in [0.5, 0.6) is 5.75 Å². The van der Waals surface area contributed by atoms with Gasteiger partial charge in [0.2, 0.25) is 0 Å². The summed E-state index contributed by atoms with van der Waals surface area (Å²) >= 11 is 0. The van der Waals surface area contributed by atoms with Gasteiger partial charge in [-0.25, -0.2) is 13.6 Å². The summed E-state index contributed by atoms with van der Waals surface area (Å²) in [6, 6.07) is 1.86. The van der Waals surface area contributed by atoms with Gasteiger partial charge in [0.05, 0.1) is 5.69 Å². The van der Waals surface area contributed by atoms with E-state index in [0.717, 1.165) is 12.1 Å². The lowest BCUT2D eigenvalue weighted by Gasteiger charge is -2.35. The fourth-order valence-electron chi connectivity index (χ4n) is 3.46. The van der Waals surface area contributed by atoms with Gasteiger partial charge in [-0.1, -0.05) is 0 Å². The van der Waals surface area contributed by atoms with Gasteiger partial charge in [0.15, 0.2) is 18.2 Å². The lowest BCUT2D eigenvalue weighted by molar-refractivity contribution is -0.121. The monoisotopic (exact) mass is 411 g/mol. The third kappa shape index (κ3) is 5.56. The first-order chi connectivity index (χ1) is 13.6. The Balaban J connectivity index is 1.51. The topological polar surface area (TPSA) is 71.1 Å². The Hall–Kier alpha value is -2.42. The summed E-state index contributed by atoms with van der Waals surface area (Å²) in [5, 5.41) is 2.78. The third-order valence-electron chi connectivity index (χ3n) is 4.85. The molecule has 1 N–H and O–H groups in total. The molecule has 7 nitrogen and oxygen atoms in total. The second-order valence-electron chi connectivity index (χ2n) is 8.39. The number of benzene rings is 1. The SMILES string of the molecule is CC(C)(C)NC(=O)OC1CCN(CCN2C(=O)COc3c(F)cc(F)cc32)CC1. The van der Waals surface area contributed by atoms with E-state index in [1.807, 2.05) is 20.8 Å². The molecule has 1 aromatic carbocycles. The molecule has 0 saturated carbocycles. The number of hydrogen-bond acceptors (Lipinski definition) is 5. The number of anilines is 1. The maximum atomic E-state index is 13.9. The molecule has 29 heavy (non-hydrogen) atoms. The summed E-state index contributed by atoms with van der Waals surface area (Å²) < 4.78 is 38.1. The first kappa shape index (κ1) is 21.3. The number of fused-ring (bicyclic) bond motifs is 1. The quantitative estimate of drug-likeness (QED) is 0.825. The van der Waals surface area contributed by atoms with Crippen molar-refractivity contribution in [2.45, 2.75) is 45.3 Å². The molecule has 3 rings (SSSR count). The van der Waals surface area contributed by atoms with Crippen molar-refractivity contribution in [2.24, 2.45) is 0 Å². The van der Waals surface area contributed by atoms with Crippen LogP contribution in [0, 0.1) is 11.6 Å². The lowest BCUT2D eigenvalue weighted by atomic mass is 10.1. The minimum absolute atomic E-state index is 0.0945. The van der Waals surface area contributed by atoms with Gasteiger partial charge in [0, 0.05) is 43.9 Å². The average molecular weight is 411 g/mol. The van der Waals surface area contributed by atoms with Crippen LogP contribution in [0.4, 0.5) is 19.3 Å². The van der Waals surface area contributed by atoms with Crippen molar-refractivity contribution < 1.29 is 27.8 Å². The van der Waals surface area contributed by atoms with Crippen LogP contribution in [0.15, 0.2) is 12.1 Å². The molecular weight excluding hydrogens is 384 g/mol. The minimum Gasteiger partial charge on any atom is -0.478 e. The van der Waals surface area contributed by atoms with Crippen LogP contribution < -0.4 is 15.0 Å². The molecule has 0 bridgehead atoms. The van der Waals surface area contributed by atoms with E-state index in [4.69, 9.17) is 9.47 Å². The summed E-state index contributed by atoms with van der Waals surface area (Å²) in [7, 11) is 0. The van der Waals surface area contributed by atoms with Crippen LogP contribution in [-0.2, 0) is 9.53 Å². The Morgan fingerprint density at radius 1 is 1.24 bits per heavy atom. The predicted molar refractivity (Wildman–Crippen MR) is 103 cm³/mol. The zero-order valence-electron chi connectivity index (χ0n) is 17.0. The van der Waals surface area contributed by atoms with Crippen LogP contribution in [0.1, 0.15) is 33.6 Å². The van der Waals surface area contributed by atoms with Crippen molar-refractivity contribution in [3.05, 3.63) is 23.8 Å². The molecule has 0 radical (unpaired) electrons. The summed E-state index contributed by atoms with van der Waals surface area (Å²) in [6.45, 7) is 7.65. The maximum absolute atomic E-state index is 13.9. The summed E-state index contributed by atoms with van der Waals surface area (Å²) in [5.41, 5.74) is -0.228. The number of piperidine rings is 1. The highest BCUT2D eigenvalue weighted by atomic mass is 19.1. The molecule has 2 heterocycles. The van der Waals surface area contributed by atoms with Crippen molar-refractivity contribution in [1.29, 1.82) is 0 Å². The van der Waals surface area contributed by atoms with E-state index < -0.39 is 17.7 Å². The van der Waals surface area contributed by atoms with Gasteiger partial charge in [0.1, 0.15) is 11.9 Å². The van der Waals surface area contributed by atoms with Gasteiger partial charge < -0.3 is 24.6 Å². The van der Waals surface area contributed by atoms with Crippen molar-refractivity contribution >= 4 is 17.7 Å². The second-order valence-corrected chi connectivity index (χ2v) is 8.39. The first-order valence-corrected chi connectivity index (χ1v) is 9.76. The molecule has 0 aromatic heterocycles. The number of ether oxygens (including phenoxy) is 2. The standard InChI is InChI=1S/C20H27F2N3O4/c1-20(2,3)23-19(27)29-14-4-6-24(7-5-14)8-9-25-16-11-13(21)10-15(22)18(16)28-12-17(25)26/h10-11,14H,4-9,12H2,1-3H3,(H,23,27). The zero-order chi connectivity index (χ0) is 21.2. The number of rotatable bonds is 4. The Morgan fingerprint density at radius 3 is 2.59 bits per heavy atom. The van der Waals surface area contributed by atoms with Gasteiger partial charge in [-0.3, -0.25) is 4.79 Å². The van der Waals surface area contributed by atoms with Crippen LogP contribution in [0.25, 0.3) is 0 Å². The van der Waals surface area contributed by atoms with Crippen LogP contribution in [0.2, 0.25) is 0 Å². The van der Waals surface area contributed by atoms with Crippen molar-refractivity contribution in [3.63, 3.8) is 0 Å². The van der Waals surface area contributed by atoms with Gasteiger partial charge in [0.25, 0.3) is 5.91 Å². The Labute approximate surface area is 168 Å². The third-order valence-corrected chi connectivity index (χ3v) is 4.85. The summed E-state index contributed by atoms with van der Waals surface area (Å²) in [6.07, 6.45) is 0.807. The molecule has 0 aliphatic carbocycles. The smallest absolute Gasteiger partial charge is 0.407 e. The highest BCUT2D eigenvalue weighted by Crippen LogP contribution is 2.35. The van der Waals surface area contributed by atoms with E-state index in [-0.39, 0.29) is 35.6 Å². The number of alkyl carbamates (subject to hydrolysis) is 1. The maximum Gasteiger partial charge on any atom is 0.407 e. The first-order valence-electron chi connectivity index (χ1n) is 9.76. The number of hydrogen-bond donors (Lipinski definition) is 1. The normalized spacial score (nSPS) is 18.2. The molecule has 160 valence electrons. The molecule has 9 heteroatoms. The number of carbonyl (C=O) groups is 2. The van der Waals surface area contributed by atoms with Gasteiger partial charge in [-0.15, -0.1) is 0 Å². The van der Waals surface area contributed by atoms with E-state index in [0.29, 0.717) is 39.0 Å². The van der Waals surface area contributed by atoms with Gasteiger partial charge in [-0.2, -0.15) is 0 Å². The number of carbonyl (C=O) groups excluding carboxylic acids is 2. The van der Waals surface area contributed by atoms with E-state index in [1.54, 1.807) is 0 Å². The highest BCUT2D eigenvalue weighted by molar-refractivity contribution is 5.97. The van der Waals surface area contributed by atoms with Crippen LogP contribution >= 0.6 is 0 Å². The number of likely N-dealkylation sites (tertiary alicyclic amines) is 1. The van der Waals surface area contributed by atoms with E-state index >= 15 is 0 Å². The Morgan fingerprint density at radius 2 is 1.93 bits per heavy atom. The predicted octanol–water partition coefficient (Wildman–Crippen LogP) is 2.68. The van der Waals surface area contributed by atoms with Gasteiger partial charge in [-0.05, 0) is 33.6 Å². The molecule has 0 unspecified atom stereocenters. The molecular formula is C20H27F2N3O4. The fraction of sp³-hybridized carbons (Fsp3) is 0.600. The summed E-state index contributed by atoms with van der Waals surface area (Å²) in [4.78, 5) is 27.6. The minimum atomic E-state index is -0.816. The van der Waals surface area contributed by atoms with Crippen molar-refractivity contribution in [3.8, 4) is 5.75 Å². The molecule has 2 aliphatic rings. The number of nitrogens with one attached hydrogen (secondary N) is 1. The van der Waals surface area contributed by atoms with E-state index in [2.05, 4.69) is 10.2 Å². The Bertz CT molecular complexity index is 774. The average Bonchev–Trinajstić information content (AvgIpc) is 2.60. The van der Waals surface area contributed by atoms with E-state index in [9.17, 15) is 18.4 Å². The van der Waals surface area contributed by atoms with Gasteiger partial charge >= 0.3 is 6.09 Å². The van der Waals surface area contributed by atoms with Crippen LogP contribution in [-0.4, -0.2) is 61.3 Å². The summed E-state index contributed by atoms with van der Waals surface area (Å²) in [5.74, 6) is -2.00. The zero-order valence-corrected chi connectivity index (χ0v) is 17.0. The highest BCUT2D eigenvalue weighted by Gasteiger charge is 2.30. The molecule has 0 spiro atoms. The lowest BCUT2D eigenvalue weighted by Crippen LogP contribution is -2.47. The molecule has 1 saturated heterocycles. The second kappa shape index (κ2) is 8.52. The molecule has 1 aromatic rings. The molecule has 1 fully saturated rings. The molecule has 2 amide bonds. The molecule has 2 aliphatic heterocycles. The fourth-order valence-corrected chi connectivity index (χ4v) is 3.46. The van der Waals surface area contributed by atoms with Crippen molar-refractivity contribution in [2.75, 3.05) is 37.7 Å². The number of nitrogens with zero attached hydrogens (tertiary/aromatic N) is 2. The number of amides is 2. The largest absolute Gasteiger partial charge is 0.478 e. The van der Waals surface area contributed by atoms with Crippen molar-refractivity contribution in [1.82, 2.24) is 10.2 Å². The number of halogens is 2.